The highest BCUT2D eigenvalue weighted by atomic mass is 32.2. The predicted molar refractivity (Wildman–Crippen MR) is 50.4 cm³/mol. The number of hydrogen-bond acceptors (Lipinski definition) is 2. The summed E-state index contributed by atoms with van der Waals surface area (Å²) in [6, 6.07) is 0. The molecule has 1 heterocycles. The molecule has 1 rings (SSSR count). The maximum Gasteiger partial charge on any atom is 0.0503 e. The molecule has 1 aliphatic heterocycles. The van der Waals surface area contributed by atoms with Gasteiger partial charge in [-0.05, 0) is 12.8 Å². The Labute approximate surface area is 71.0 Å². The van der Waals surface area contributed by atoms with Crippen LogP contribution in [0.4, 0.5) is 0 Å². The lowest BCUT2D eigenvalue weighted by Crippen LogP contribution is -1.91. The van der Waals surface area contributed by atoms with Gasteiger partial charge in [0.25, 0.3) is 0 Å². The monoisotopic (exact) mass is 179 g/mol. The second-order valence-corrected chi connectivity index (χ2v) is 5.35. The summed E-state index contributed by atoms with van der Waals surface area (Å²) in [5.74, 6) is 3.65. The summed E-state index contributed by atoms with van der Waals surface area (Å²) in [6.45, 7) is 0. The first-order chi connectivity index (χ1) is 4.43. The van der Waals surface area contributed by atoms with Crippen molar-refractivity contribution in [1.29, 1.82) is 0 Å². The van der Waals surface area contributed by atoms with Gasteiger partial charge in [0.15, 0.2) is 0 Å². The molecule has 9 heavy (non-hydrogen) atoms. The highest BCUT2D eigenvalue weighted by molar-refractivity contribution is 8.20. The van der Waals surface area contributed by atoms with Crippen LogP contribution in [-0.4, -0.2) is 21.8 Å². The summed E-state index contributed by atoms with van der Waals surface area (Å²) in [6.07, 6.45) is 2.57. The molecule has 1 saturated heterocycles. The van der Waals surface area contributed by atoms with E-state index in [2.05, 4.69) is 23.5 Å². The zero-order valence-corrected chi connectivity index (χ0v) is 7.79. The minimum absolute atomic E-state index is 0.882. The van der Waals surface area contributed by atoms with E-state index < -0.39 is 0 Å². The smallest absolute Gasteiger partial charge is 0.0503 e. The third-order valence-corrected chi connectivity index (χ3v) is 4.73. The summed E-state index contributed by atoms with van der Waals surface area (Å²) in [7, 11) is 0. The van der Waals surface area contributed by atoms with Crippen LogP contribution in [0.2, 0.25) is 0 Å². The van der Waals surface area contributed by atoms with Gasteiger partial charge in [0.1, 0.15) is 0 Å². The zero-order valence-electron chi connectivity index (χ0n) is 5.34. The molecule has 3 heteroatoms. The third-order valence-electron chi connectivity index (χ3n) is 1.27. The highest BCUT2D eigenvalue weighted by Gasteiger charge is 2.14. The Morgan fingerprint density at radius 2 is 2.00 bits per heavy atom. The quantitative estimate of drug-likeness (QED) is 0.653. The second kappa shape index (κ2) is 4.80. The van der Waals surface area contributed by atoms with Gasteiger partial charge in [-0.2, -0.15) is 0 Å². The van der Waals surface area contributed by atoms with Gasteiger partial charge in [0.05, 0.1) is 4.58 Å². The van der Waals surface area contributed by atoms with E-state index >= 15 is 0 Å². The minimum Gasteiger partial charge on any atom is -0.147 e. The van der Waals surface area contributed by atoms with Crippen molar-refractivity contribution in [3.05, 3.63) is 0 Å². The molecule has 0 aromatic heterocycles. The van der Waals surface area contributed by atoms with Gasteiger partial charge in [-0.15, -0.1) is 23.5 Å². The maximum atomic E-state index is 4.87. The Hall–Kier alpha value is 1.05. The molecule has 0 unspecified atom stereocenters. The van der Waals surface area contributed by atoms with Crippen LogP contribution in [0.3, 0.4) is 0 Å². The molecule has 0 atom stereocenters. The summed E-state index contributed by atoms with van der Waals surface area (Å²) in [5, 5.41) is 0. The van der Waals surface area contributed by atoms with Gasteiger partial charge in [-0.3, -0.25) is 0 Å². The van der Waals surface area contributed by atoms with Crippen molar-refractivity contribution in [3.63, 3.8) is 0 Å². The van der Waals surface area contributed by atoms with Gasteiger partial charge < -0.3 is 0 Å². The number of hydrogen-bond donors (Lipinski definition) is 0. The first-order valence-electron chi connectivity index (χ1n) is 3.25. The fraction of sp³-hybridized carbons (Fsp3) is 1.00. The van der Waals surface area contributed by atoms with Crippen LogP contribution in [0, 0.1) is 0 Å². The van der Waals surface area contributed by atoms with Crippen LogP contribution in [0.1, 0.15) is 12.8 Å². The van der Waals surface area contributed by atoms with Gasteiger partial charge >= 0.3 is 0 Å². The summed E-state index contributed by atoms with van der Waals surface area (Å²) >= 11 is 9.07. The average molecular weight is 179 g/mol. The van der Waals surface area contributed by atoms with E-state index in [1.807, 2.05) is 0 Å². The molecule has 0 spiro atoms. The highest BCUT2D eigenvalue weighted by Crippen LogP contribution is 2.34. The van der Waals surface area contributed by atoms with Crippen molar-refractivity contribution in [2.75, 3.05) is 17.3 Å². The lowest BCUT2D eigenvalue weighted by Gasteiger charge is -2.03. The molecule has 0 bridgehead atoms. The van der Waals surface area contributed by atoms with E-state index in [9.17, 15) is 0 Å². The topological polar surface area (TPSA) is 0 Å². The first-order valence-corrected chi connectivity index (χ1v) is 5.92. The van der Waals surface area contributed by atoms with Crippen molar-refractivity contribution >= 4 is 36.2 Å². The zero-order chi connectivity index (χ0) is 6.53. The third kappa shape index (κ3) is 3.10. The molecule has 0 aromatic carbocycles. The van der Waals surface area contributed by atoms with E-state index in [1.54, 1.807) is 0 Å². The molecule has 0 aliphatic carbocycles. The van der Waals surface area contributed by atoms with Crippen molar-refractivity contribution in [1.82, 2.24) is 0 Å². The maximum absolute atomic E-state index is 4.87. The SMILES string of the molecule is [S]CCCC1SCCS1. The van der Waals surface area contributed by atoms with E-state index in [1.165, 1.54) is 24.3 Å². The van der Waals surface area contributed by atoms with E-state index in [-0.39, 0.29) is 0 Å². The molecule has 0 nitrogen and oxygen atoms in total. The first kappa shape index (κ1) is 8.15. The van der Waals surface area contributed by atoms with Crippen molar-refractivity contribution in [2.45, 2.75) is 17.4 Å². The minimum atomic E-state index is 0.882. The standard InChI is InChI=1S/C6H11S3/c7-3-1-2-6-8-4-5-9-6/h6H,1-5H2. The molecular formula is C6H11S3. The Bertz CT molecular complexity index is 68.7. The van der Waals surface area contributed by atoms with Gasteiger partial charge in [-0.1, -0.05) is 12.6 Å². The van der Waals surface area contributed by atoms with Crippen LogP contribution in [-0.2, 0) is 0 Å². The van der Waals surface area contributed by atoms with Crippen LogP contribution in [0.5, 0.6) is 0 Å². The number of thioether (sulfide) groups is 2. The Kier molecular flexibility index (Phi) is 4.35. The molecule has 1 radical (unpaired) electrons. The lowest BCUT2D eigenvalue weighted by atomic mass is 10.4. The summed E-state index contributed by atoms with van der Waals surface area (Å²) in [5.41, 5.74) is 0. The van der Waals surface area contributed by atoms with Gasteiger partial charge in [0, 0.05) is 17.3 Å². The van der Waals surface area contributed by atoms with Crippen molar-refractivity contribution in [3.8, 4) is 0 Å². The fourth-order valence-electron chi connectivity index (χ4n) is 0.824. The Morgan fingerprint density at radius 3 is 2.56 bits per heavy atom. The molecule has 0 N–H and O–H groups in total. The molecule has 53 valence electrons. The van der Waals surface area contributed by atoms with Crippen molar-refractivity contribution < 1.29 is 0 Å². The Morgan fingerprint density at radius 1 is 1.33 bits per heavy atom. The van der Waals surface area contributed by atoms with E-state index in [4.69, 9.17) is 12.6 Å². The molecule has 0 amide bonds. The summed E-state index contributed by atoms with van der Waals surface area (Å²) < 4.78 is 0.882. The average Bonchev–Trinajstić information content (AvgIpc) is 2.34. The van der Waals surface area contributed by atoms with E-state index in [0.29, 0.717) is 0 Å². The van der Waals surface area contributed by atoms with Crippen LogP contribution in [0.15, 0.2) is 0 Å². The van der Waals surface area contributed by atoms with Crippen molar-refractivity contribution in [2.24, 2.45) is 0 Å². The molecule has 1 fully saturated rings. The summed E-state index contributed by atoms with van der Waals surface area (Å²) in [4.78, 5) is 0. The number of rotatable bonds is 3. The fourth-order valence-corrected chi connectivity index (χ4v) is 3.92. The Balaban J connectivity index is 1.98. The molecule has 0 saturated carbocycles. The second-order valence-electron chi connectivity index (χ2n) is 2.02. The predicted octanol–water partition coefficient (Wildman–Crippen LogP) is 2.77. The van der Waals surface area contributed by atoms with E-state index in [0.717, 1.165) is 10.3 Å². The molecule has 0 aromatic rings. The van der Waals surface area contributed by atoms with Gasteiger partial charge in [-0.25, -0.2) is 0 Å². The van der Waals surface area contributed by atoms with Crippen LogP contribution >= 0.6 is 36.2 Å². The van der Waals surface area contributed by atoms with Gasteiger partial charge in [0.2, 0.25) is 0 Å². The van der Waals surface area contributed by atoms with Crippen LogP contribution in [0.25, 0.3) is 0 Å². The molecular weight excluding hydrogens is 168 g/mol. The normalized spacial score (nSPS) is 21.0. The largest absolute Gasteiger partial charge is 0.147 e. The van der Waals surface area contributed by atoms with Crippen LogP contribution < -0.4 is 0 Å². The lowest BCUT2D eigenvalue weighted by molar-refractivity contribution is 0.886. The molecule has 1 aliphatic rings.